The first-order valence-electron chi connectivity index (χ1n) is 5.52. The maximum Gasteiger partial charge on any atom is 0.231 e. The first-order valence-corrected chi connectivity index (χ1v) is 5.52. The van der Waals surface area contributed by atoms with Crippen LogP contribution < -0.4 is 0 Å². The predicted octanol–water partition coefficient (Wildman–Crippen LogP) is 1.66. The molecule has 0 radical (unpaired) electrons. The fraction of sp³-hybridized carbons (Fsp3) is 0.0769. The number of fused-ring (bicyclic) bond motifs is 1. The Hall–Kier alpha value is -2.56. The van der Waals surface area contributed by atoms with Crippen LogP contribution in [0.15, 0.2) is 43.0 Å². The van der Waals surface area contributed by atoms with Crippen molar-refractivity contribution in [2.24, 2.45) is 0 Å². The first kappa shape index (κ1) is 10.6. The van der Waals surface area contributed by atoms with Crippen molar-refractivity contribution in [1.82, 2.24) is 19.4 Å². The monoisotopic (exact) mass is 238 g/mol. The average molecular weight is 238 g/mol. The minimum absolute atomic E-state index is 0.167. The summed E-state index contributed by atoms with van der Waals surface area (Å²) in [6, 6.07) is 5.58. The zero-order valence-corrected chi connectivity index (χ0v) is 9.74. The van der Waals surface area contributed by atoms with Crippen LogP contribution in [0.4, 0.5) is 0 Å². The summed E-state index contributed by atoms with van der Waals surface area (Å²) in [5, 5.41) is 0. The maximum absolute atomic E-state index is 12.4. The second-order valence-electron chi connectivity index (χ2n) is 3.89. The number of aryl methyl sites for hydroxylation is 1. The SMILES string of the molecule is Cc1nccnc1C(=O)c1cnc2ccccn12. The largest absolute Gasteiger partial charge is 0.297 e. The first-order chi connectivity index (χ1) is 8.77. The third kappa shape index (κ3) is 1.57. The minimum Gasteiger partial charge on any atom is -0.297 e. The van der Waals surface area contributed by atoms with Crippen molar-refractivity contribution < 1.29 is 4.79 Å². The number of rotatable bonds is 2. The van der Waals surface area contributed by atoms with E-state index >= 15 is 0 Å². The van der Waals surface area contributed by atoms with Crippen LogP contribution in [0, 0.1) is 6.92 Å². The van der Waals surface area contributed by atoms with Crippen molar-refractivity contribution in [1.29, 1.82) is 0 Å². The molecule has 0 saturated heterocycles. The van der Waals surface area contributed by atoms with Gasteiger partial charge in [0.1, 0.15) is 17.0 Å². The topological polar surface area (TPSA) is 60.2 Å². The molecule has 0 amide bonds. The zero-order valence-electron chi connectivity index (χ0n) is 9.74. The lowest BCUT2D eigenvalue weighted by atomic mass is 10.2. The molecule has 0 aliphatic heterocycles. The Morgan fingerprint density at radius 3 is 2.83 bits per heavy atom. The molecule has 0 saturated carbocycles. The van der Waals surface area contributed by atoms with Gasteiger partial charge in [-0.05, 0) is 19.1 Å². The molecular formula is C13H10N4O. The van der Waals surface area contributed by atoms with Gasteiger partial charge in [0.2, 0.25) is 5.78 Å². The Labute approximate surface area is 103 Å². The normalized spacial score (nSPS) is 10.7. The van der Waals surface area contributed by atoms with E-state index in [1.54, 1.807) is 29.9 Å². The number of pyridine rings is 1. The third-order valence-electron chi connectivity index (χ3n) is 2.75. The van der Waals surface area contributed by atoms with E-state index in [9.17, 15) is 4.79 Å². The van der Waals surface area contributed by atoms with E-state index in [2.05, 4.69) is 15.0 Å². The predicted molar refractivity (Wildman–Crippen MR) is 65.4 cm³/mol. The number of imidazole rings is 1. The molecule has 0 spiro atoms. The van der Waals surface area contributed by atoms with Crippen LogP contribution in [-0.4, -0.2) is 25.1 Å². The molecule has 0 bridgehead atoms. The van der Waals surface area contributed by atoms with Crippen molar-refractivity contribution in [2.45, 2.75) is 6.92 Å². The molecule has 88 valence electrons. The number of nitrogens with zero attached hydrogens (tertiary/aromatic N) is 4. The van der Waals surface area contributed by atoms with Gasteiger partial charge < -0.3 is 0 Å². The van der Waals surface area contributed by atoms with E-state index in [4.69, 9.17) is 0 Å². The molecule has 0 unspecified atom stereocenters. The molecule has 5 heteroatoms. The van der Waals surface area contributed by atoms with Crippen LogP contribution in [0.3, 0.4) is 0 Å². The summed E-state index contributed by atoms with van der Waals surface area (Å²) in [5.41, 5.74) is 2.22. The van der Waals surface area contributed by atoms with Crippen LogP contribution >= 0.6 is 0 Å². The molecule has 0 aromatic carbocycles. The lowest BCUT2D eigenvalue weighted by Crippen LogP contribution is -2.10. The van der Waals surface area contributed by atoms with E-state index in [1.165, 1.54) is 6.20 Å². The van der Waals surface area contributed by atoms with Gasteiger partial charge in [0, 0.05) is 18.6 Å². The van der Waals surface area contributed by atoms with Gasteiger partial charge in [0.15, 0.2) is 0 Å². The highest BCUT2D eigenvalue weighted by atomic mass is 16.1. The Kier molecular flexibility index (Phi) is 2.37. The fourth-order valence-corrected chi connectivity index (χ4v) is 1.85. The summed E-state index contributed by atoms with van der Waals surface area (Å²) in [6.07, 6.45) is 6.46. The van der Waals surface area contributed by atoms with Gasteiger partial charge in [-0.1, -0.05) is 6.07 Å². The Morgan fingerprint density at radius 1 is 1.17 bits per heavy atom. The average Bonchev–Trinajstić information content (AvgIpc) is 2.82. The highest BCUT2D eigenvalue weighted by Gasteiger charge is 2.17. The smallest absolute Gasteiger partial charge is 0.231 e. The number of hydrogen-bond donors (Lipinski definition) is 0. The van der Waals surface area contributed by atoms with E-state index < -0.39 is 0 Å². The number of ketones is 1. The Morgan fingerprint density at radius 2 is 2.00 bits per heavy atom. The molecule has 0 N–H and O–H groups in total. The van der Waals surface area contributed by atoms with Crippen molar-refractivity contribution in [3.05, 3.63) is 60.1 Å². The second kappa shape index (κ2) is 4.03. The molecule has 3 aromatic rings. The molecule has 18 heavy (non-hydrogen) atoms. The van der Waals surface area contributed by atoms with E-state index in [0.29, 0.717) is 17.1 Å². The van der Waals surface area contributed by atoms with Crippen molar-refractivity contribution in [3.8, 4) is 0 Å². The minimum atomic E-state index is -0.167. The molecule has 3 heterocycles. The van der Waals surface area contributed by atoms with Gasteiger partial charge in [-0.3, -0.25) is 14.2 Å². The molecule has 3 aromatic heterocycles. The van der Waals surface area contributed by atoms with Gasteiger partial charge >= 0.3 is 0 Å². The highest BCUT2D eigenvalue weighted by molar-refractivity contribution is 6.07. The molecule has 5 nitrogen and oxygen atoms in total. The summed E-state index contributed by atoms with van der Waals surface area (Å²) in [6.45, 7) is 1.77. The number of hydrogen-bond acceptors (Lipinski definition) is 4. The zero-order chi connectivity index (χ0) is 12.5. The van der Waals surface area contributed by atoms with Gasteiger partial charge in [-0.15, -0.1) is 0 Å². The quantitative estimate of drug-likeness (QED) is 0.637. The van der Waals surface area contributed by atoms with Gasteiger partial charge in [0.05, 0.1) is 11.9 Å². The van der Waals surface area contributed by atoms with Crippen LogP contribution in [0.2, 0.25) is 0 Å². The molecule has 3 rings (SSSR count). The number of carbonyl (C=O) groups excluding carboxylic acids is 1. The third-order valence-corrected chi connectivity index (χ3v) is 2.75. The Balaban J connectivity index is 2.16. The van der Waals surface area contributed by atoms with E-state index in [0.717, 1.165) is 5.65 Å². The van der Waals surface area contributed by atoms with Crippen LogP contribution in [0.5, 0.6) is 0 Å². The van der Waals surface area contributed by atoms with E-state index in [1.807, 2.05) is 18.2 Å². The summed E-state index contributed by atoms with van der Waals surface area (Å²) < 4.78 is 1.75. The molecule has 0 atom stereocenters. The molecule has 0 fully saturated rings. The number of aromatic nitrogens is 4. The van der Waals surface area contributed by atoms with Crippen molar-refractivity contribution in [3.63, 3.8) is 0 Å². The van der Waals surface area contributed by atoms with Gasteiger partial charge in [-0.25, -0.2) is 9.97 Å². The summed E-state index contributed by atoms with van der Waals surface area (Å²) in [7, 11) is 0. The lowest BCUT2D eigenvalue weighted by Gasteiger charge is -2.02. The van der Waals surface area contributed by atoms with E-state index in [-0.39, 0.29) is 5.78 Å². The van der Waals surface area contributed by atoms with Crippen LogP contribution in [0.1, 0.15) is 21.9 Å². The molecular weight excluding hydrogens is 228 g/mol. The molecule has 0 aliphatic rings. The summed E-state index contributed by atoms with van der Waals surface area (Å²) in [5.74, 6) is -0.167. The summed E-state index contributed by atoms with van der Waals surface area (Å²) >= 11 is 0. The second-order valence-corrected chi connectivity index (χ2v) is 3.89. The lowest BCUT2D eigenvalue weighted by molar-refractivity contribution is 0.102. The highest BCUT2D eigenvalue weighted by Crippen LogP contribution is 2.12. The number of carbonyl (C=O) groups is 1. The van der Waals surface area contributed by atoms with Crippen LogP contribution in [-0.2, 0) is 0 Å². The fourth-order valence-electron chi connectivity index (χ4n) is 1.85. The van der Waals surface area contributed by atoms with Crippen LogP contribution in [0.25, 0.3) is 5.65 Å². The van der Waals surface area contributed by atoms with Gasteiger partial charge in [0.25, 0.3) is 0 Å². The van der Waals surface area contributed by atoms with Gasteiger partial charge in [-0.2, -0.15) is 0 Å². The molecule has 0 aliphatic carbocycles. The standard InChI is InChI=1S/C13H10N4O/c1-9-12(15-6-5-14-9)13(18)10-8-16-11-4-2-3-7-17(10)11/h2-8H,1H3. The van der Waals surface area contributed by atoms with Crippen molar-refractivity contribution >= 4 is 11.4 Å². The maximum atomic E-state index is 12.4. The summed E-state index contributed by atoms with van der Waals surface area (Å²) in [4.78, 5) is 24.7. The Bertz CT molecular complexity index is 732. The van der Waals surface area contributed by atoms with Crippen molar-refractivity contribution in [2.75, 3.05) is 0 Å².